The predicted octanol–water partition coefficient (Wildman–Crippen LogP) is 2.28. The molecule has 2 heterocycles. The first-order chi connectivity index (χ1) is 10.6. The fraction of sp³-hybridized carbons (Fsp3) is 0.444. The van der Waals surface area contributed by atoms with Crippen molar-refractivity contribution in [1.82, 2.24) is 15.6 Å². The molecule has 4 heteroatoms. The molecular formula is C18H23N3O. The largest absolute Gasteiger partial charge is 0.352 e. The van der Waals surface area contributed by atoms with E-state index in [1.54, 1.807) is 6.20 Å². The van der Waals surface area contributed by atoms with Gasteiger partial charge in [0.15, 0.2) is 0 Å². The van der Waals surface area contributed by atoms with Crippen LogP contribution in [-0.4, -0.2) is 30.0 Å². The molecule has 1 amide bonds. The van der Waals surface area contributed by atoms with Crippen LogP contribution in [-0.2, 0) is 11.2 Å². The molecule has 1 aliphatic heterocycles. The van der Waals surface area contributed by atoms with Gasteiger partial charge in [-0.3, -0.25) is 9.78 Å². The third-order valence-corrected chi connectivity index (χ3v) is 4.56. The summed E-state index contributed by atoms with van der Waals surface area (Å²) in [5.41, 5.74) is 2.07. The van der Waals surface area contributed by atoms with Crippen LogP contribution in [0, 0.1) is 5.41 Å². The van der Waals surface area contributed by atoms with Crippen LogP contribution in [0.4, 0.5) is 0 Å². The number of hydrogen-bond donors (Lipinski definition) is 2. The van der Waals surface area contributed by atoms with E-state index in [4.69, 9.17) is 0 Å². The minimum absolute atomic E-state index is 0.0915. The lowest BCUT2D eigenvalue weighted by Crippen LogP contribution is -2.54. The van der Waals surface area contributed by atoms with Gasteiger partial charge in [-0.25, -0.2) is 0 Å². The molecule has 0 radical (unpaired) electrons. The Morgan fingerprint density at radius 2 is 2.23 bits per heavy atom. The summed E-state index contributed by atoms with van der Waals surface area (Å²) in [4.78, 5) is 16.8. The normalized spacial score (nSPS) is 20.7. The van der Waals surface area contributed by atoms with Gasteiger partial charge in [-0.2, -0.15) is 0 Å². The van der Waals surface area contributed by atoms with E-state index in [1.807, 2.05) is 30.3 Å². The Labute approximate surface area is 131 Å². The second kappa shape index (κ2) is 6.05. The second-order valence-electron chi connectivity index (χ2n) is 6.74. The number of amides is 1. The maximum absolute atomic E-state index is 12.5. The van der Waals surface area contributed by atoms with E-state index in [9.17, 15) is 4.79 Å². The molecule has 22 heavy (non-hydrogen) atoms. The fourth-order valence-electron chi connectivity index (χ4n) is 3.18. The number of benzene rings is 1. The number of fused-ring (bicyclic) bond motifs is 1. The second-order valence-corrected chi connectivity index (χ2v) is 6.74. The van der Waals surface area contributed by atoms with Gasteiger partial charge >= 0.3 is 0 Å². The molecule has 1 aliphatic rings. The number of pyridine rings is 1. The number of hydrogen-bond acceptors (Lipinski definition) is 3. The van der Waals surface area contributed by atoms with E-state index in [2.05, 4.69) is 29.5 Å². The van der Waals surface area contributed by atoms with Gasteiger partial charge < -0.3 is 10.6 Å². The minimum atomic E-state index is 0.0915. The van der Waals surface area contributed by atoms with Gasteiger partial charge in [0.05, 0.1) is 11.9 Å². The quantitative estimate of drug-likeness (QED) is 0.914. The predicted molar refractivity (Wildman–Crippen MR) is 88.6 cm³/mol. The van der Waals surface area contributed by atoms with E-state index >= 15 is 0 Å². The average Bonchev–Trinajstić information content (AvgIpc) is 2.50. The maximum atomic E-state index is 12.5. The maximum Gasteiger partial charge on any atom is 0.224 e. The summed E-state index contributed by atoms with van der Waals surface area (Å²) in [7, 11) is 0. The molecule has 1 fully saturated rings. The van der Waals surface area contributed by atoms with Gasteiger partial charge in [0.1, 0.15) is 0 Å². The van der Waals surface area contributed by atoms with Crippen LogP contribution in [0.15, 0.2) is 36.5 Å². The summed E-state index contributed by atoms with van der Waals surface area (Å²) in [6, 6.07) is 10.1. The first-order valence-electron chi connectivity index (χ1n) is 7.89. The summed E-state index contributed by atoms with van der Waals surface area (Å²) < 4.78 is 0. The van der Waals surface area contributed by atoms with Crippen molar-refractivity contribution in [2.45, 2.75) is 32.7 Å². The Morgan fingerprint density at radius 1 is 1.36 bits per heavy atom. The van der Waals surface area contributed by atoms with E-state index in [-0.39, 0.29) is 17.4 Å². The smallest absolute Gasteiger partial charge is 0.224 e. The van der Waals surface area contributed by atoms with Crippen LogP contribution in [0.5, 0.6) is 0 Å². The number of piperidine rings is 1. The number of aromatic nitrogens is 1. The molecule has 116 valence electrons. The van der Waals surface area contributed by atoms with E-state index in [0.717, 1.165) is 36.0 Å². The van der Waals surface area contributed by atoms with E-state index in [1.165, 1.54) is 0 Å². The first kappa shape index (κ1) is 15.0. The molecular weight excluding hydrogens is 274 g/mol. The van der Waals surface area contributed by atoms with Crippen molar-refractivity contribution >= 4 is 16.8 Å². The third kappa shape index (κ3) is 3.12. The number of nitrogens with one attached hydrogen (secondary N) is 2. The van der Waals surface area contributed by atoms with Crippen molar-refractivity contribution in [3.63, 3.8) is 0 Å². The highest BCUT2D eigenvalue weighted by atomic mass is 16.1. The zero-order valence-electron chi connectivity index (χ0n) is 13.2. The molecule has 0 aliphatic carbocycles. The molecule has 1 unspecified atom stereocenters. The highest BCUT2D eigenvalue weighted by Gasteiger charge is 2.33. The van der Waals surface area contributed by atoms with Crippen LogP contribution in [0.2, 0.25) is 0 Å². The number of nitrogens with zero attached hydrogens (tertiary/aromatic N) is 1. The average molecular weight is 297 g/mol. The zero-order chi connectivity index (χ0) is 15.6. The lowest BCUT2D eigenvalue weighted by atomic mass is 9.80. The number of carbonyl (C=O) groups is 1. The standard InChI is InChI=1S/C18H23N3O/c1-18(2)12-19-10-8-16(18)21-17(22)11-13-5-3-7-15-14(13)6-4-9-20-15/h3-7,9,16,19H,8,10-12H2,1-2H3,(H,21,22). The Balaban J connectivity index is 1.73. The summed E-state index contributed by atoms with van der Waals surface area (Å²) in [6.07, 6.45) is 3.17. The highest BCUT2D eigenvalue weighted by Crippen LogP contribution is 2.25. The zero-order valence-corrected chi connectivity index (χ0v) is 13.2. The van der Waals surface area contributed by atoms with E-state index < -0.39 is 0 Å². The molecule has 0 bridgehead atoms. The molecule has 0 saturated carbocycles. The Morgan fingerprint density at radius 3 is 3.05 bits per heavy atom. The van der Waals surface area contributed by atoms with Crippen molar-refractivity contribution < 1.29 is 4.79 Å². The molecule has 2 aromatic rings. The lowest BCUT2D eigenvalue weighted by molar-refractivity contribution is -0.122. The molecule has 1 aromatic carbocycles. The molecule has 2 N–H and O–H groups in total. The summed E-state index contributed by atoms with van der Waals surface area (Å²) in [5, 5.41) is 7.68. The minimum Gasteiger partial charge on any atom is -0.352 e. The Hall–Kier alpha value is -1.94. The number of carbonyl (C=O) groups excluding carboxylic acids is 1. The topological polar surface area (TPSA) is 54.0 Å². The fourth-order valence-corrected chi connectivity index (χ4v) is 3.18. The van der Waals surface area contributed by atoms with Gasteiger partial charge in [-0.1, -0.05) is 32.0 Å². The SMILES string of the molecule is CC1(C)CNCCC1NC(=O)Cc1cccc2ncccc12. The highest BCUT2D eigenvalue weighted by molar-refractivity contribution is 5.88. The van der Waals surface area contributed by atoms with Crippen LogP contribution in [0.25, 0.3) is 10.9 Å². The van der Waals surface area contributed by atoms with Crippen molar-refractivity contribution in [3.05, 3.63) is 42.1 Å². The van der Waals surface area contributed by atoms with Gasteiger partial charge in [0.2, 0.25) is 5.91 Å². The van der Waals surface area contributed by atoms with E-state index in [0.29, 0.717) is 6.42 Å². The van der Waals surface area contributed by atoms with Gasteiger partial charge in [0, 0.05) is 24.2 Å². The molecule has 3 rings (SSSR count). The third-order valence-electron chi connectivity index (χ3n) is 4.56. The van der Waals surface area contributed by atoms with Gasteiger partial charge in [-0.05, 0) is 36.1 Å². The first-order valence-corrected chi connectivity index (χ1v) is 7.89. The lowest BCUT2D eigenvalue weighted by Gasteiger charge is -2.39. The van der Waals surface area contributed by atoms with Crippen LogP contribution < -0.4 is 10.6 Å². The van der Waals surface area contributed by atoms with Crippen molar-refractivity contribution in [1.29, 1.82) is 0 Å². The van der Waals surface area contributed by atoms with Gasteiger partial charge in [0.25, 0.3) is 0 Å². The Kier molecular flexibility index (Phi) is 4.12. The summed E-state index contributed by atoms with van der Waals surface area (Å²) >= 11 is 0. The molecule has 1 saturated heterocycles. The molecule has 0 spiro atoms. The monoisotopic (exact) mass is 297 g/mol. The van der Waals surface area contributed by atoms with Crippen LogP contribution in [0.1, 0.15) is 25.8 Å². The van der Waals surface area contributed by atoms with Crippen LogP contribution in [0.3, 0.4) is 0 Å². The summed E-state index contributed by atoms with van der Waals surface area (Å²) in [5.74, 6) is 0.0938. The summed E-state index contributed by atoms with van der Waals surface area (Å²) in [6.45, 7) is 6.31. The van der Waals surface area contributed by atoms with Crippen molar-refractivity contribution in [2.24, 2.45) is 5.41 Å². The van der Waals surface area contributed by atoms with Crippen molar-refractivity contribution in [2.75, 3.05) is 13.1 Å². The van der Waals surface area contributed by atoms with Gasteiger partial charge in [-0.15, -0.1) is 0 Å². The van der Waals surface area contributed by atoms with Crippen molar-refractivity contribution in [3.8, 4) is 0 Å². The number of rotatable bonds is 3. The molecule has 4 nitrogen and oxygen atoms in total. The van der Waals surface area contributed by atoms with Crippen LogP contribution >= 0.6 is 0 Å². The Bertz CT molecular complexity index is 676. The molecule has 1 atom stereocenters. The molecule has 1 aromatic heterocycles.